The number of pyridine rings is 1. The van der Waals surface area contributed by atoms with Crippen LogP contribution in [0.1, 0.15) is 16.1 Å². The molecule has 0 saturated heterocycles. The van der Waals surface area contributed by atoms with Crippen molar-refractivity contribution in [3.8, 4) is 0 Å². The number of nitrogens with one attached hydrogen (secondary N) is 1. The molecule has 2 aromatic carbocycles. The van der Waals surface area contributed by atoms with Gasteiger partial charge in [0.1, 0.15) is 0 Å². The van der Waals surface area contributed by atoms with Crippen molar-refractivity contribution in [1.29, 1.82) is 0 Å². The van der Waals surface area contributed by atoms with E-state index in [2.05, 4.69) is 10.3 Å². The Kier molecular flexibility index (Phi) is 4.60. The summed E-state index contributed by atoms with van der Waals surface area (Å²) in [5, 5.41) is 3.17. The summed E-state index contributed by atoms with van der Waals surface area (Å²) in [5.74, 6) is -0.0623. The molecule has 3 heteroatoms. The van der Waals surface area contributed by atoms with Crippen LogP contribution >= 0.6 is 0 Å². The number of allylic oxidation sites excluding steroid dienone is 1. The zero-order valence-corrected chi connectivity index (χ0v) is 12.5. The molecule has 0 aliphatic heterocycles. The minimum absolute atomic E-state index is 0.0623. The van der Waals surface area contributed by atoms with Gasteiger partial charge in [-0.3, -0.25) is 9.78 Å². The second-order valence-corrected chi connectivity index (χ2v) is 4.98. The Bertz CT molecular complexity index is 797. The Morgan fingerprint density at radius 1 is 0.826 bits per heavy atom. The lowest BCUT2D eigenvalue weighted by atomic mass is 10.0. The lowest BCUT2D eigenvalue weighted by molar-refractivity contribution is 0.105. The molecule has 3 nitrogen and oxygen atoms in total. The Hall–Kier alpha value is -3.20. The molecule has 1 N–H and O–H groups in total. The van der Waals surface area contributed by atoms with E-state index in [0.717, 1.165) is 5.69 Å². The van der Waals surface area contributed by atoms with Gasteiger partial charge in [0.2, 0.25) is 0 Å². The molecule has 0 spiro atoms. The van der Waals surface area contributed by atoms with E-state index < -0.39 is 0 Å². The summed E-state index contributed by atoms with van der Waals surface area (Å²) in [7, 11) is 0. The lowest BCUT2D eigenvalue weighted by Crippen LogP contribution is -2.06. The summed E-state index contributed by atoms with van der Waals surface area (Å²) < 4.78 is 0. The fraction of sp³-hybridized carbons (Fsp3) is 0. The molecule has 1 aromatic heterocycles. The van der Waals surface area contributed by atoms with Gasteiger partial charge >= 0.3 is 0 Å². The van der Waals surface area contributed by atoms with Gasteiger partial charge in [-0.05, 0) is 24.3 Å². The third-order valence-electron chi connectivity index (χ3n) is 3.38. The maximum Gasteiger partial charge on any atom is 0.196 e. The fourth-order valence-corrected chi connectivity index (χ4v) is 2.21. The number of para-hydroxylation sites is 1. The first-order valence-electron chi connectivity index (χ1n) is 7.37. The number of rotatable bonds is 5. The second kappa shape index (κ2) is 7.18. The Morgan fingerprint density at radius 3 is 2.13 bits per heavy atom. The molecule has 0 aliphatic carbocycles. The molecule has 0 bridgehead atoms. The van der Waals surface area contributed by atoms with Crippen molar-refractivity contribution in [2.45, 2.75) is 0 Å². The number of Topliss-reactive ketones (excluding diaryl/α,β-unsaturated/α-hetero) is 1. The predicted octanol–water partition coefficient (Wildman–Crippen LogP) is 4.42. The number of carbonyl (C=O) groups excluding carboxylic acids is 1. The van der Waals surface area contributed by atoms with Crippen molar-refractivity contribution in [1.82, 2.24) is 4.98 Å². The van der Waals surface area contributed by atoms with E-state index in [4.69, 9.17) is 0 Å². The Labute approximate surface area is 135 Å². The normalized spacial score (nSPS) is 11.0. The molecule has 0 radical (unpaired) electrons. The van der Waals surface area contributed by atoms with Crippen LogP contribution in [-0.4, -0.2) is 10.8 Å². The van der Waals surface area contributed by atoms with Gasteiger partial charge in [-0.2, -0.15) is 0 Å². The van der Waals surface area contributed by atoms with Gasteiger partial charge in [0.15, 0.2) is 5.78 Å². The molecular weight excluding hydrogens is 284 g/mol. The lowest BCUT2D eigenvalue weighted by Gasteiger charge is -2.08. The van der Waals surface area contributed by atoms with Crippen LogP contribution in [0.4, 0.5) is 5.69 Å². The first-order valence-corrected chi connectivity index (χ1v) is 7.37. The van der Waals surface area contributed by atoms with E-state index in [-0.39, 0.29) is 5.78 Å². The number of hydrogen-bond acceptors (Lipinski definition) is 3. The van der Waals surface area contributed by atoms with Gasteiger partial charge in [0.25, 0.3) is 0 Å². The highest BCUT2D eigenvalue weighted by Gasteiger charge is 2.15. The highest BCUT2D eigenvalue weighted by Crippen LogP contribution is 2.18. The van der Waals surface area contributed by atoms with Crippen molar-refractivity contribution in [2.75, 3.05) is 5.32 Å². The minimum atomic E-state index is -0.0623. The van der Waals surface area contributed by atoms with E-state index in [1.165, 1.54) is 0 Å². The second-order valence-electron chi connectivity index (χ2n) is 4.98. The average Bonchev–Trinajstić information content (AvgIpc) is 2.64. The molecular formula is C20H16N2O. The monoisotopic (exact) mass is 300 g/mol. The van der Waals surface area contributed by atoms with Crippen LogP contribution in [0.3, 0.4) is 0 Å². The average molecular weight is 300 g/mol. The van der Waals surface area contributed by atoms with Crippen molar-refractivity contribution < 1.29 is 4.79 Å². The Balaban J connectivity index is 1.96. The van der Waals surface area contributed by atoms with Gasteiger partial charge in [-0.1, -0.05) is 54.6 Å². The molecule has 0 saturated carbocycles. The number of benzene rings is 2. The van der Waals surface area contributed by atoms with Crippen LogP contribution in [0.5, 0.6) is 0 Å². The van der Waals surface area contributed by atoms with Crippen LogP contribution in [0.15, 0.2) is 91.3 Å². The molecule has 1 heterocycles. The quantitative estimate of drug-likeness (QED) is 0.560. The number of carbonyl (C=O) groups is 1. The number of hydrogen-bond donors (Lipinski definition) is 1. The fourth-order valence-electron chi connectivity index (χ4n) is 2.21. The van der Waals surface area contributed by atoms with Crippen LogP contribution in [-0.2, 0) is 0 Å². The highest BCUT2D eigenvalue weighted by molar-refractivity contribution is 6.28. The van der Waals surface area contributed by atoms with Crippen molar-refractivity contribution in [2.24, 2.45) is 0 Å². The SMILES string of the molecule is O=C(C(=CNc1ccccc1)c1ccccn1)c1ccccc1. The summed E-state index contributed by atoms with van der Waals surface area (Å²) in [4.78, 5) is 17.1. The molecule has 23 heavy (non-hydrogen) atoms. The zero-order valence-electron chi connectivity index (χ0n) is 12.5. The van der Waals surface area contributed by atoms with Crippen LogP contribution in [0, 0.1) is 0 Å². The molecule has 3 aromatic rings. The standard InChI is InChI=1S/C20H16N2O/c23-20(16-9-3-1-4-10-16)18(19-13-7-8-14-21-19)15-22-17-11-5-2-6-12-17/h1-15,22H. The van der Waals surface area contributed by atoms with E-state index >= 15 is 0 Å². The van der Waals surface area contributed by atoms with Crippen LogP contribution in [0.2, 0.25) is 0 Å². The minimum Gasteiger partial charge on any atom is -0.361 e. The van der Waals surface area contributed by atoms with Gasteiger partial charge < -0.3 is 5.32 Å². The van der Waals surface area contributed by atoms with Crippen molar-refractivity contribution in [3.63, 3.8) is 0 Å². The van der Waals surface area contributed by atoms with Crippen LogP contribution < -0.4 is 5.32 Å². The first kappa shape index (κ1) is 14.7. The largest absolute Gasteiger partial charge is 0.361 e. The van der Waals surface area contributed by atoms with E-state index in [0.29, 0.717) is 16.8 Å². The molecule has 112 valence electrons. The van der Waals surface area contributed by atoms with Gasteiger partial charge in [0, 0.05) is 23.6 Å². The molecule has 3 rings (SSSR count). The van der Waals surface area contributed by atoms with Crippen molar-refractivity contribution >= 4 is 17.0 Å². The Morgan fingerprint density at radius 2 is 1.48 bits per heavy atom. The molecule has 0 unspecified atom stereocenters. The van der Waals surface area contributed by atoms with Crippen LogP contribution in [0.25, 0.3) is 5.57 Å². The first-order chi connectivity index (χ1) is 11.3. The third-order valence-corrected chi connectivity index (χ3v) is 3.38. The van der Waals surface area contributed by atoms with Gasteiger partial charge in [-0.15, -0.1) is 0 Å². The zero-order chi connectivity index (χ0) is 15.9. The van der Waals surface area contributed by atoms with E-state index in [9.17, 15) is 4.79 Å². The molecule has 0 amide bonds. The maximum atomic E-state index is 12.8. The third kappa shape index (κ3) is 3.71. The number of nitrogens with zero attached hydrogens (tertiary/aromatic N) is 1. The summed E-state index contributed by atoms with van der Waals surface area (Å²) in [5.41, 5.74) is 2.73. The summed E-state index contributed by atoms with van der Waals surface area (Å²) in [6, 6.07) is 24.5. The smallest absolute Gasteiger partial charge is 0.196 e. The predicted molar refractivity (Wildman–Crippen MR) is 93.1 cm³/mol. The summed E-state index contributed by atoms with van der Waals surface area (Å²) >= 11 is 0. The summed E-state index contributed by atoms with van der Waals surface area (Å²) in [6.45, 7) is 0. The van der Waals surface area contributed by atoms with Crippen molar-refractivity contribution in [3.05, 3.63) is 103 Å². The van der Waals surface area contributed by atoms with E-state index in [1.807, 2.05) is 78.9 Å². The van der Waals surface area contributed by atoms with E-state index in [1.54, 1.807) is 12.4 Å². The summed E-state index contributed by atoms with van der Waals surface area (Å²) in [6.07, 6.45) is 3.40. The van der Waals surface area contributed by atoms with Gasteiger partial charge in [-0.25, -0.2) is 0 Å². The highest BCUT2D eigenvalue weighted by atomic mass is 16.1. The maximum absolute atomic E-state index is 12.8. The number of aromatic nitrogens is 1. The molecule has 0 atom stereocenters. The number of ketones is 1. The molecule has 0 fully saturated rings. The topological polar surface area (TPSA) is 42.0 Å². The molecule has 0 aliphatic rings. The van der Waals surface area contributed by atoms with Gasteiger partial charge in [0.05, 0.1) is 11.3 Å². The number of anilines is 1.